The lowest BCUT2D eigenvalue weighted by molar-refractivity contribution is -0.128. The highest BCUT2D eigenvalue weighted by Crippen LogP contribution is 2.27. The van der Waals surface area contributed by atoms with Gasteiger partial charge in [-0.3, -0.25) is 4.79 Å². The first kappa shape index (κ1) is 24.3. The zero-order valence-electron chi connectivity index (χ0n) is 17.6. The third kappa shape index (κ3) is 6.53. The van der Waals surface area contributed by atoms with Gasteiger partial charge in [-0.15, -0.1) is 11.3 Å². The maximum atomic E-state index is 13.5. The molecular formula is C24H26BrClN2OS. The Hall–Kier alpha value is -1.95. The van der Waals surface area contributed by atoms with Gasteiger partial charge in [-0.1, -0.05) is 64.8 Å². The number of rotatable bonds is 8. The number of hydrogen-bond acceptors (Lipinski definition) is 3. The monoisotopic (exact) mass is 504 g/mol. The molecule has 1 aromatic heterocycles. The molecule has 0 aliphatic heterocycles. The maximum absolute atomic E-state index is 13.5. The van der Waals surface area contributed by atoms with Gasteiger partial charge in [-0.05, 0) is 68.5 Å². The minimum absolute atomic E-state index is 0.168. The summed E-state index contributed by atoms with van der Waals surface area (Å²) < 4.78 is 1.00. The third-order valence-electron chi connectivity index (χ3n) is 4.53. The predicted octanol–water partition coefficient (Wildman–Crippen LogP) is 7.86. The van der Waals surface area contributed by atoms with Crippen LogP contribution in [-0.2, 0) is 4.79 Å². The standard InChI is InChI=1S/C24H26BrClN2OS/c1-5-18(12-15-21(26)6-2)24(29)28(17(4)23-9-8-16-30-23)27-22(7-3)19-10-13-20(25)14-11-19/h5-6,8-17H,7H2,1-4H3/b15-12-,18-5+,21-6+,27-22+. The van der Waals surface area contributed by atoms with Crippen molar-refractivity contribution in [3.05, 3.63) is 91.6 Å². The molecule has 0 saturated carbocycles. The number of halogens is 2. The van der Waals surface area contributed by atoms with Crippen LogP contribution in [0.1, 0.15) is 50.6 Å². The van der Waals surface area contributed by atoms with E-state index in [0.717, 1.165) is 20.6 Å². The molecule has 1 unspecified atom stereocenters. The number of nitrogens with zero attached hydrogens (tertiary/aromatic N) is 2. The lowest BCUT2D eigenvalue weighted by Crippen LogP contribution is -2.31. The van der Waals surface area contributed by atoms with E-state index in [1.807, 2.05) is 69.5 Å². The van der Waals surface area contributed by atoms with Crippen LogP contribution in [0.25, 0.3) is 0 Å². The second-order valence-corrected chi connectivity index (χ2v) is 8.83. The lowest BCUT2D eigenvalue weighted by Gasteiger charge is -2.25. The smallest absolute Gasteiger partial charge is 0.267 e. The summed E-state index contributed by atoms with van der Waals surface area (Å²) in [7, 11) is 0. The Morgan fingerprint density at radius 3 is 2.43 bits per heavy atom. The van der Waals surface area contributed by atoms with E-state index >= 15 is 0 Å². The van der Waals surface area contributed by atoms with Crippen molar-refractivity contribution in [2.45, 2.75) is 40.2 Å². The number of thiophene rings is 1. The van der Waals surface area contributed by atoms with Crippen molar-refractivity contribution >= 4 is 50.5 Å². The minimum atomic E-state index is -0.199. The molecule has 1 aromatic carbocycles. The van der Waals surface area contributed by atoms with E-state index in [2.05, 4.69) is 15.9 Å². The normalized spacial score (nSPS) is 14.3. The molecule has 0 bridgehead atoms. The van der Waals surface area contributed by atoms with Gasteiger partial charge < -0.3 is 0 Å². The van der Waals surface area contributed by atoms with Crippen LogP contribution in [0.5, 0.6) is 0 Å². The SMILES string of the molecule is C\C=C(Cl)/C=C\C(=C/C)C(=O)N(/N=C(\CC)c1ccc(Br)cc1)C(C)c1cccs1. The summed E-state index contributed by atoms with van der Waals surface area (Å²) in [5.41, 5.74) is 2.38. The highest BCUT2D eigenvalue weighted by atomic mass is 79.9. The minimum Gasteiger partial charge on any atom is -0.267 e. The number of benzene rings is 1. The summed E-state index contributed by atoms with van der Waals surface area (Å²) in [6.07, 6.45) is 7.73. The number of carbonyl (C=O) groups is 1. The highest BCUT2D eigenvalue weighted by Gasteiger charge is 2.24. The predicted molar refractivity (Wildman–Crippen MR) is 133 cm³/mol. The fraction of sp³-hybridized carbons (Fsp3) is 0.250. The van der Waals surface area contributed by atoms with Crippen molar-refractivity contribution in [2.24, 2.45) is 5.10 Å². The zero-order chi connectivity index (χ0) is 22.1. The number of amides is 1. The molecule has 0 aliphatic rings. The van der Waals surface area contributed by atoms with Crippen LogP contribution in [-0.4, -0.2) is 16.6 Å². The molecule has 0 aliphatic carbocycles. The van der Waals surface area contributed by atoms with Crippen LogP contribution in [0.4, 0.5) is 0 Å². The summed E-state index contributed by atoms with van der Waals surface area (Å²) in [6.45, 7) is 7.74. The van der Waals surface area contributed by atoms with E-state index in [0.29, 0.717) is 17.0 Å². The van der Waals surface area contributed by atoms with Gasteiger partial charge in [0.25, 0.3) is 5.91 Å². The largest absolute Gasteiger partial charge is 0.274 e. The number of hydrazone groups is 1. The van der Waals surface area contributed by atoms with E-state index in [1.54, 1.807) is 40.6 Å². The Morgan fingerprint density at radius 1 is 1.20 bits per heavy atom. The van der Waals surface area contributed by atoms with Crippen molar-refractivity contribution < 1.29 is 4.79 Å². The van der Waals surface area contributed by atoms with E-state index in [9.17, 15) is 4.79 Å². The van der Waals surface area contributed by atoms with Gasteiger partial charge in [0.2, 0.25) is 0 Å². The lowest BCUT2D eigenvalue weighted by atomic mass is 10.1. The molecule has 0 saturated heterocycles. The molecule has 1 heterocycles. The van der Waals surface area contributed by atoms with E-state index in [-0.39, 0.29) is 11.9 Å². The fourth-order valence-corrected chi connectivity index (χ4v) is 3.85. The molecule has 158 valence electrons. The number of carbonyl (C=O) groups excluding carboxylic acids is 1. The summed E-state index contributed by atoms with van der Waals surface area (Å²) in [4.78, 5) is 14.6. The molecule has 2 rings (SSSR count). The van der Waals surface area contributed by atoms with Gasteiger partial charge in [0.05, 0.1) is 11.8 Å². The van der Waals surface area contributed by atoms with Crippen molar-refractivity contribution in [1.29, 1.82) is 0 Å². The summed E-state index contributed by atoms with van der Waals surface area (Å²) in [5.74, 6) is -0.168. The molecule has 0 spiro atoms. The molecule has 0 fully saturated rings. The molecular weight excluding hydrogens is 480 g/mol. The van der Waals surface area contributed by atoms with Crippen molar-refractivity contribution in [1.82, 2.24) is 5.01 Å². The van der Waals surface area contributed by atoms with E-state index < -0.39 is 0 Å². The molecule has 1 atom stereocenters. The Labute approximate surface area is 196 Å². The molecule has 1 amide bonds. The Morgan fingerprint density at radius 2 is 1.90 bits per heavy atom. The van der Waals surface area contributed by atoms with Crippen molar-refractivity contribution in [3.8, 4) is 0 Å². The van der Waals surface area contributed by atoms with Gasteiger partial charge in [-0.2, -0.15) is 5.10 Å². The van der Waals surface area contributed by atoms with Crippen LogP contribution in [0.2, 0.25) is 0 Å². The molecule has 0 N–H and O–H groups in total. The average Bonchev–Trinajstić information content (AvgIpc) is 3.30. The first-order chi connectivity index (χ1) is 14.4. The van der Waals surface area contributed by atoms with Gasteiger partial charge in [0.15, 0.2) is 0 Å². The topological polar surface area (TPSA) is 32.7 Å². The maximum Gasteiger partial charge on any atom is 0.274 e. The summed E-state index contributed by atoms with van der Waals surface area (Å²) in [5, 5.41) is 9.00. The second-order valence-electron chi connectivity index (χ2n) is 6.50. The van der Waals surface area contributed by atoms with Crippen LogP contribution in [0, 0.1) is 0 Å². The molecule has 6 heteroatoms. The van der Waals surface area contributed by atoms with Gasteiger partial charge in [0, 0.05) is 20.0 Å². The van der Waals surface area contributed by atoms with Crippen molar-refractivity contribution in [3.63, 3.8) is 0 Å². The van der Waals surface area contributed by atoms with Crippen molar-refractivity contribution in [2.75, 3.05) is 0 Å². The van der Waals surface area contributed by atoms with Gasteiger partial charge in [0.1, 0.15) is 0 Å². The van der Waals surface area contributed by atoms with Crippen LogP contribution < -0.4 is 0 Å². The average molecular weight is 506 g/mol. The van der Waals surface area contributed by atoms with Crippen LogP contribution in [0.3, 0.4) is 0 Å². The van der Waals surface area contributed by atoms with Gasteiger partial charge >= 0.3 is 0 Å². The van der Waals surface area contributed by atoms with Crippen LogP contribution in [0.15, 0.2) is 86.3 Å². The second kappa shape index (κ2) is 12.0. The summed E-state index contributed by atoms with van der Waals surface area (Å²) >= 11 is 11.2. The third-order valence-corrected chi connectivity index (χ3v) is 6.44. The first-order valence-electron chi connectivity index (χ1n) is 9.77. The van der Waals surface area contributed by atoms with Gasteiger partial charge in [-0.25, -0.2) is 5.01 Å². The van der Waals surface area contributed by atoms with Crippen LogP contribution >= 0.6 is 38.9 Å². The Bertz CT molecular complexity index is 960. The Kier molecular flexibility index (Phi) is 9.76. The molecule has 3 nitrogen and oxygen atoms in total. The van der Waals surface area contributed by atoms with E-state index in [4.69, 9.17) is 16.7 Å². The molecule has 30 heavy (non-hydrogen) atoms. The number of allylic oxidation sites excluding steroid dienone is 4. The highest BCUT2D eigenvalue weighted by molar-refractivity contribution is 9.10. The number of hydrogen-bond donors (Lipinski definition) is 0. The zero-order valence-corrected chi connectivity index (χ0v) is 20.8. The molecule has 2 aromatic rings. The summed E-state index contributed by atoms with van der Waals surface area (Å²) in [6, 6.07) is 11.8. The first-order valence-corrected chi connectivity index (χ1v) is 11.8. The Balaban J connectivity index is 2.49. The fourth-order valence-electron chi connectivity index (χ4n) is 2.75. The van der Waals surface area contributed by atoms with E-state index in [1.165, 1.54) is 0 Å². The molecule has 0 radical (unpaired) electrons. The quantitative estimate of drug-likeness (QED) is 0.155.